The first kappa shape index (κ1) is 24.4. The van der Waals surface area contributed by atoms with Gasteiger partial charge in [-0.1, -0.05) is 36.4 Å². The molecule has 8 heteroatoms. The summed E-state index contributed by atoms with van der Waals surface area (Å²) in [7, 11) is 0. The second-order valence-corrected chi connectivity index (χ2v) is 9.12. The summed E-state index contributed by atoms with van der Waals surface area (Å²) in [6.07, 6.45) is 3.19. The van der Waals surface area contributed by atoms with Gasteiger partial charge in [-0.05, 0) is 61.4 Å². The van der Waals surface area contributed by atoms with Crippen LogP contribution in [0.5, 0.6) is 0 Å². The largest absolute Gasteiger partial charge is 0.349 e. The van der Waals surface area contributed by atoms with Crippen LogP contribution in [0.3, 0.4) is 0 Å². The van der Waals surface area contributed by atoms with Crippen molar-refractivity contribution in [2.75, 3.05) is 25.0 Å². The molecule has 3 aromatic carbocycles. The minimum atomic E-state index is -0.346. The smallest absolute Gasteiger partial charge is 0.255 e. The van der Waals surface area contributed by atoms with Crippen molar-refractivity contribution in [2.45, 2.75) is 18.9 Å². The second-order valence-electron chi connectivity index (χ2n) is 9.12. The van der Waals surface area contributed by atoms with E-state index in [0.717, 1.165) is 24.2 Å². The zero-order valence-electron chi connectivity index (χ0n) is 20.3. The van der Waals surface area contributed by atoms with Crippen molar-refractivity contribution in [2.24, 2.45) is 0 Å². The number of anilines is 1. The van der Waals surface area contributed by atoms with E-state index in [9.17, 15) is 14.0 Å². The molecular weight excluding hydrogens is 469 g/mol. The molecule has 0 bridgehead atoms. The van der Waals surface area contributed by atoms with E-state index in [1.165, 1.54) is 12.1 Å². The molecule has 0 atom stereocenters. The number of carbonyl (C=O) groups excluding carboxylic acids is 2. The van der Waals surface area contributed by atoms with Gasteiger partial charge in [-0.2, -0.15) is 5.10 Å². The molecule has 2 N–H and O–H groups in total. The van der Waals surface area contributed by atoms with Gasteiger partial charge in [-0.25, -0.2) is 9.07 Å². The van der Waals surface area contributed by atoms with Gasteiger partial charge in [0, 0.05) is 36.6 Å². The number of nitrogens with zero attached hydrogens (tertiary/aromatic N) is 3. The Hall–Kier alpha value is -4.30. The highest BCUT2D eigenvalue weighted by atomic mass is 19.1. The standard InChI is InChI=1S/C29H28FN5O2/c30-22-13-11-21(12-14-22)28-26(19-35(33-28)25-9-5-2-6-10-25)29(37)32-24-15-17-34(18-16-24)20-27(36)31-23-7-3-1-4-8-23/h1-14,19,24H,15-18,20H2,(H,31,36)(H,32,37). The quantitative estimate of drug-likeness (QED) is 0.394. The topological polar surface area (TPSA) is 79.3 Å². The second kappa shape index (κ2) is 11.2. The van der Waals surface area contributed by atoms with Crippen LogP contribution >= 0.6 is 0 Å². The minimum absolute atomic E-state index is 0.0120. The number of para-hydroxylation sites is 2. The summed E-state index contributed by atoms with van der Waals surface area (Å²) in [5.74, 6) is -0.616. The summed E-state index contributed by atoms with van der Waals surface area (Å²) in [5.41, 5.74) is 3.20. The number of aromatic nitrogens is 2. The average molecular weight is 498 g/mol. The Labute approximate surface area is 214 Å². The van der Waals surface area contributed by atoms with E-state index < -0.39 is 0 Å². The van der Waals surface area contributed by atoms with Crippen LogP contribution in [0, 0.1) is 5.82 Å². The lowest BCUT2D eigenvalue weighted by Crippen LogP contribution is -2.46. The van der Waals surface area contributed by atoms with Crippen LogP contribution in [0.4, 0.5) is 10.1 Å². The number of piperidine rings is 1. The van der Waals surface area contributed by atoms with Gasteiger partial charge >= 0.3 is 0 Å². The lowest BCUT2D eigenvalue weighted by Gasteiger charge is -2.31. The Bertz CT molecular complexity index is 1350. The summed E-state index contributed by atoms with van der Waals surface area (Å²) in [4.78, 5) is 27.8. The van der Waals surface area contributed by atoms with Gasteiger partial charge in [-0.3, -0.25) is 14.5 Å². The maximum atomic E-state index is 13.5. The first-order chi connectivity index (χ1) is 18.0. The molecule has 7 nitrogen and oxygen atoms in total. The number of benzene rings is 3. The van der Waals surface area contributed by atoms with Gasteiger partial charge in [0.05, 0.1) is 17.8 Å². The van der Waals surface area contributed by atoms with Crippen molar-refractivity contribution < 1.29 is 14.0 Å². The van der Waals surface area contributed by atoms with E-state index in [4.69, 9.17) is 0 Å². The molecular formula is C29H28FN5O2. The van der Waals surface area contributed by atoms with Gasteiger partial charge in [0.25, 0.3) is 5.91 Å². The number of halogens is 1. The Morgan fingerprint density at radius 1 is 0.892 bits per heavy atom. The van der Waals surface area contributed by atoms with Crippen LogP contribution in [0.1, 0.15) is 23.2 Å². The van der Waals surface area contributed by atoms with Gasteiger partial charge < -0.3 is 10.6 Å². The molecule has 1 aromatic heterocycles. The summed E-state index contributed by atoms with van der Waals surface area (Å²) in [6, 6.07) is 24.9. The molecule has 37 heavy (non-hydrogen) atoms. The van der Waals surface area contributed by atoms with Crippen molar-refractivity contribution in [3.05, 3.63) is 103 Å². The van der Waals surface area contributed by atoms with Gasteiger partial charge in [0.2, 0.25) is 5.91 Å². The van der Waals surface area contributed by atoms with Crippen molar-refractivity contribution >= 4 is 17.5 Å². The molecule has 1 aliphatic rings. The summed E-state index contributed by atoms with van der Waals surface area (Å²) in [5, 5.41) is 10.7. The van der Waals surface area contributed by atoms with E-state index in [-0.39, 0.29) is 23.7 Å². The molecule has 5 rings (SSSR count). The first-order valence-electron chi connectivity index (χ1n) is 12.3. The van der Waals surface area contributed by atoms with Crippen LogP contribution in [-0.2, 0) is 4.79 Å². The number of likely N-dealkylation sites (tertiary alicyclic amines) is 1. The van der Waals surface area contributed by atoms with Gasteiger partial charge in [0.1, 0.15) is 11.5 Å². The number of rotatable bonds is 7. The Balaban J connectivity index is 1.23. The van der Waals surface area contributed by atoms with Crippen LogP contribution < -0.4 is 10.6 Å². The summed E-state index contributed by atoms with van der Waals surface area (Å²) < 4.78 is 15.2. The highest BCUT2D eigenvalue weighted by molar-refractivity contribution is 6.00. The lowest BCUT2D eigenvalue weighted by atomic mass is 10.0. The van der Waals surface area contributed by atoms with E-state index in [1.54, 1.807) is 23.0 Å². The highest BCUT2D eigenvalue weighted by Gasteiger charge is 2.25. The Morgan fingerprint density at radius 3 is 2.22 bits per heavy atom. The predicted molar refractivity (Wildman–Crippen MR) is 141 cm³/mol. The molecule has 2 amide bonds. The van der Waals surface area contributed by atoms with Crippen molar-refractivity contribution in [1.29, 1.82) is 0 Å². The molecule has 1 aliphatic heterocycles. The highest BCUT2D eigenvalue weighted by Crippen LogP contribution is 2.25. The first-order valence-corrected chi connectivity index (χ1v) is 12.3. The van der Waals surface area contributed by atoms with Gasteiger partial charge in [-0.15, -0.1) is 0 Å². The van der Waals surface area contributed by atoms with E-state index in [1.807, 2.05) is 60.7 Å². The fourth-order valence-corrected chi connectivity index (χ4v) is 4.50. The monoisotopic (exact) mass is 497 g/mol. The van der Waals surface area contributed by atoms with E-state index in [2.05, 4.69) is 20.6 Å². The molecule has 0 radical (unpaired) electrons. The number of nitrogens with one attached hydrogen (secondary N) is 2. The van der Waals surface area contributed by atoms with E-state index in [0.29, 0.717) is 36.5 Å². The molecule has 4 aromatic rings. The normalized spacial score (nSPS) is 14.3. The SMILES string of the molecule is O=C(CN1CCC(NC(=O)c2cn(-c3ccccc3)nc2-c2ccc(F)cc2)CC1)Nc1ccccc1. The number of amides is 2. The molecule has 0 saturated carbocycles. The Morgan fingerprint density at radius 2 is 1.54 bits per heavy atom. The third kappa shape index (κ3) is 6.10. The van der Waals surface area contributed by atoms with Crippen LogP contribution in [0.2, 0.25) is 0 Å². The van der Waals surface area contributed by atoms with Crippen molar-refractivity contribution in [1.82, 2.24) is 20.0 Å². The molecule has 0 aliphatic carbocycles. The number of hydrogen-bond donors (Lipinski definition) is 2. The van der Waals surface area contributed by atoms with Crippen molar-refractivity contribution in [3.8, 4) is 16.9 Å². The third-order valence-electron chi connectivity index (χ3n) is 6.44. The number of hydrogen-bond acceptors (Lipinski definition) is 4. The maximum absolute atomic E-state index is 13.5. The molecule has 1 fully saturated rings. The van der Waals surface area contributed by atoms with Crippen LogP contribution in [0.15, 0.2) is 91.1 Å². The molecule has 188 valence electrons. The predicted octanol–water partition coefficient (Wildman–Crippen LogP) is 4.51. The minimum Gasteiger partial charge on any atom is -0.349 e. The zero-order chi connectivity index (χ0) is 25.6. The lowest BCUT2D eigenvalue weighted by molar-refractivity contribution is -0.117. The van der Waals surface area contributed by atoms with E-state index >= 15 is 0 Å². The average Bonchev–Trinajstić information content (AvgIpc) is 3.37. The van der Waals surface area contributed by atoms with Crippen molar-refractivity contribution in [3.63, 3.8) is 0 Å². The fourth-order valence-electron chi connectivity index (χ4n) is 4.50. The summed E-state index contributed by atoms with van der Waals surface area (Å²) in [6.45, 7) is 1.73. The zero-order valence-corrected chi connectivity index (χ0v) is 20.3. The third-order valence-corrected chi connectivity index (χ3v) is 6.44. The number of carbonyl (C=O) groups is 2. The molecule has 0 unspecified atom stereocenters. The van der Waals surface area contributed by atoms with Gasteiger partial charge in [0.15, 0.2) is 0 Å². The molecule has 2 heterocycles. The maximum Gasteiger partial charge on any atom is 0.255 e. The fraction of sp³-hybridized carbons (Fsp3) is 0.207. The summed E-state index contributed by atoms with van der Waals surface area (Å²) >= 11 is 0. The molecule has 1 saturated heterocycles. The van der Waals surface area contributed by atoms with Crippen LogP contribution in [-0.4, -0.2) is 52.2 Å². The Kier molecular flexibility index (Phi) is 7.37. The molecule has 0 spiro atoms. The van der Waals surface area contributed by atoms with Crippen LogP contribution in [0.25, 0.3) is 16.9 Å².